The summed E-state index contributed by atoms with van der Waals surface area (Å²) in [7, 11) is 0. The summed E-state index contributed by atoms with van der Waals surface area (Å²) in [5.41, 5.74) is 0. The average Bonchev–Trinajstić information content (AvgIpc) is 3.17. The minimum atomic E-state index is -0.473. The molecule has 0 aliphatic carbocycles. The zero-order valence-corrected chi connectivity index (χ0v) is 18.1. The van der Waals surface area contributed by atoms with Gasteiger partial charge in [0, 0.05) is 6.42 Å². The zero-order valence-electron chi connectivity index (χ0n) is 18.1. The summed E-state index contributed by atoms with van der Waals surface area (Å²) in [6, 6.07) is 0. The molecule has 162 valence electrons. The first kappa shape index (κ1) is 24.6. The van der Waals surface area contributed by atoms with Gasteiger partial charge in [-0.15, -0.1) is 0 Å². The Morgan fingerprint density at radius 3 is 1.79 bits per heavy atom. The van der Waals surface area contributed by atoms with Crippen molar-refractivity contribution in [3.63, 3.8) is 0 Å². The van der Waals surface area contributed by atoms with E-state index in [2.05, 4.69) is 11.9 Å². The second-order valence-electron chi connectivity index (χ2n) is 8.04. The van der Waals surface area contributed by atoms with Crippen molar-refractivity contribution < 1.29 is 14.4 Å². The third kappa shape index (κ3) is 14.6. The van der Waals surface area contributed by atoms with Crippen LogP contribution in [0.3, 0.4) is 0 Å². The first-order chi connectivity index (χ1) is 13.7. The molecule has 5 heteroatoms. The lowest BCUT2D eigenvalue weighted by atomic mass is 10.0. The van der Waals surface area contributed by atoms with E-state index in [1.807, 2.05) is 0 Å². The molecule has 0 saturated carbocycles. The first-order valence-corrected chi connectivity index (χ1v) is 11.7. The molecule has 0 fully saturated rings. The van der Waals surface area contributed by atoms with E-state index < -0.39 is 5.97 Å². The Kier molecular flexibility index (Phi) is 15.6. The van der Waals surface area contributed by atoms with E-state index in [9.17, 15) is 9.59 Å². The Balaban J connectivity index is 1.78. The number of nitrogens with zero attached hydrogens (tertiary/aromatic N) is 2. The zero-order chi connectivity index (χ0) is 20.3. The largest absolute Gasteiger partial charge is 0.339 e. The molecule has 5 nitrogen and oxygen atoms in total. The molecule has 0 saturated heterocycles. The van der Waals surface area contributed by atoms with Crippen molar-refractivity contribution in [2.24, 2.45) is 4.99 Å². The maximum absolute atomic E-state index is 11.8. The third-order valence-electron chi connectivity index (χ3n) is 5.28. The van der Waals surface area contributed by atoms with E-state index in [0.717, 1.165) is 12.8 Å². The smallest absolute Gasteiger partial charge is 0.339 e. The number of hydroxylamine groups is 2. The summed E-state index contributed by atoms with van der Waals surface area (Å²) < 4.78 is 0. The molecule has 0 bridgehead atoms. The molecule has 0 aromatic heterocycles. The van der Waals surface area contributed by atoms with E-state index in [4.69, 9.17) is 4.84 Å². The maximum Gasteiger partial charge on any atom is 0.339 e. The summed E-state index contributed by atoms with van der Waals surface area (Å²) >= 11 is 0. The molecule has 1 rings (SSSR count). The SMILES string of the molecule is CCCCCCCCCCCCCCCCCC(=O)CC(=O)ON1C=NCC1. The van der Waals surface area contributed by atoms with E-state index in [1.54, 1.807) is 0 Å². The molecule has 0 unspecified atom stereocenters. The lowest BCUT2D eigenvalue weighted by molar-refractivity contribution is -0.171. The van der Waals surface area contributed by atoms with Gasteiger partial charge in [-0.25, -0.2) is 4.79 Å². The topological polar surface area (TPSA) is 59.0 Å². The summed E-state index contributed by atoms with van der Waals surface area (Å²) in [5, 5.41) is 1.39. The fourth-order valence-corrected chi connectivity index (χ4v) is 3.54. The Hall–Kier alpha value is -1.39. The highest BCUT2D eigenvalue weighted by Gasteiger charge is 2.15. The molecule has 1 aliphatic heterocycles. The van der Waals surface area contributed by atoms with Gasteiger partial charge in [0.15, 0.2) is 0 Å². The van der Waals surface area contributed by atoms with E-state index >= 15 is 0 Å². The molecule has 0 spiro atoms. The van der Waals surface area contributed by atoms with Gasteiger partial charge in [-0.3, -0.25) is 9.79 Å². The van der Waals surface area contributed by atoms with Gasteiger partial charge in [-0.05, 0) is 6.42 Å². The fourth-order valence-electron chi connectivity index (χ4n) is 3.54. The maximum atomic E-state index is 11.8. The van der Waals surface area contributed by atoms with Crippen LogP contribution >= 0.6 is 0 Å². The van der Waals surface area contributed by atoms with Gasteiger partial charge in [-0.1, -0.05) is 96.8 Å². The van der Waals surface area contributed by atoms with E-state index in [0.29, 0.717) is 19.5 Å². The number of aliphatic imine (C=N–C) groups is 1. The second-order valence-corrected chi connectivity index (χ2v) is 8.04. The van der Waals surface area contributed by atoms with Crippen molar-refractivity contribution >= 4 is 18.1 Å². The molecular formula is C23H42N2O3. The van der Waals surface area contributed by atoms with Crippen LogP contribution in [0.25, 0.3) is 0 Å². The molecule has 1 aliphatic rings. The minimum absolute atomic E-state index is 0.0178. The molecule has 0 atom stereocenters. The van der Waals surface area contributed by atoms with Crippen molar-refractivity contribution in [2.45, 2.75) is 116 Å². The summed E-state index contributed by atoms with van der Waals surface area (Å²) in [5.74, 6) is -0.491. The number of Topliss-reactive ketones (excluding diaryl/α,β-unsaturated/α-hetero) is 1. The van der Waals surface area contributed by atoms with Crippen molar-refractivity contribution in [1.29, 1.82) is 0 Å². The molecule has 0 N–H and O–H groups in total. The van der Waals surface area contributed by atoms with Crippen LogP contribution in [0.5, 0.6) is 0 Å². The number of rotatable bonds is 19. The van der Waals surface area contributed by atoms with Crippen LogP contribution in [0, 0.1) is 0 Å². The number of hydrogen-bond acceptors (Lipinski definition) is 5. The summed E-state index contributed by atoms with van der Waals surface area (Å²) in [6.45, 7) is 3.49. The highest BCUT2D eigenvalue weighted by atomic mass is 16.7. The van der Waals surface area contributed by atoms with Crippen LogP contribution in [-0.2, 0) is 14.4 Å². The third-order valence-corrected chi connectivity index (χ3v) is 5.28. The van der Waals surface area contributed by atoms with Crippen LogP contribution in [0.15, 0.2) is 4.99 Å². The number of ketones is 1. The predicted molar refractivity (Wildman–Crippen MR) is 115 cm³/mol. The van der Waals surface area contributed by atoms with Gasteiger partial charge < -0.3 is 4.84 Å². The molecule has 28 heavy (non-hydrogen) atoms. The second kappa shape index (κ2) is 17.7. The lowest BCUT2D eigenvalue weighted by Crippen LogP contribution is -2.25. The highest BCUT2D eigenvalue weighted by Crippen LogP contribution is 2.14. The van der Waals surface area contributed by atoms with Gasteiger partial charge >= 0.3 is 5.97 Å². The normalized spacial score (nSPS) is 13.2. The number of carbonyl (C=O) groups excluding carboxylic acids is 2. The van der Waals surface area contributed by atoms with Crippen LogP contribution in [0.2, 0.25) is 0 Å². The fraction of sp³-hybridized carbons (Fsp3) is 0.870. The quantitative estimate of drug-likeness (QED) is 0.199. The predicted octanol–water partition coefficient (Wildman–Crippen LogP) is 6.01. The van der Waals surface area contributed by atoms with Crippen LogP contribution < -0.4 is 0 Å². The Morgan fingerprint density at radius 1 is 0.821 bits per heavy atom. The lowest BCUT2D eigenvalue weighted by Gasteiger charge is -2.12. The van der Waals surface area contributed by atoms with Crippen LogP contribution in [-0.4, -0.2) is 36.2 Å². The first-order valence-electron chi connectivity index (χ1n) is 11.7. The Morgan fingerprint density at radius 2 is 1.32 bits per heavy atom. The number of unbranched alkanes of at least 4 members (excludes halogenated alkanes) is 14. The minimum Gasteiger partial charge on any atom is -0.339 e. The molecule has 1 heterocycles. The van der Waals surface area contributed by atoms with Gasteiger partial charge in [0.25, 0.3) is 0 Å². The number of carbonyl (C=O) groups is 2. The molecular weight excluding hydrogens is 352 g/mol. The molecule has 0 amide bonds. The Bertz CT molecular complexity index is 438. The van der Waals surface area contributed by atoms with Crippen molar-refractivity contribution in [3.8, 4) is 0 Å². The average molecular weight is 395 g/mol. The molecule has 0 radical (unpaired) electrons. The van der Waals surface area contributed by atoms with Gasteiger partial charge in [0.05, 0.1) is 13.1 Å². The monoisotopic (exact) mass is 394 g/mol. The van der Waals surface area contributed by atoms with Gasteiger partial charge in [0.2, 0.25) is 0 Å². The van der Waals surface area contributed by atoms with E-state index in [1.165, 1.54) is 94.9 Å². The number of hydrogen-bond donors (Lipinski definition) is 0. The van der Waals surface area contributed by atoms with Gasteiger partial charge in [0.1, 0.15) is 18.5 Å². The molecule has 0 aromatic carbocycles. The molecule has 0 aromatic rings. The Labute approximate surface area is 172 Å². The van der Waals surface area contributed by atoms with Crippen molar-refractivity contribution in [3.05, 3.63) is 0 Å². The van der Waals surface area contributed by atoms with Crippen LogP contribution in [0.1, 0.15) is 116 Å². The standard InChI is InChI=1S/C23H42N2O3/c1-2-3-4-5-6-7-8-9-10-11-12-13-14-15-16-17-22(26)20-23(27)28-25-19-18-24-21-25/h21H,2-20H2,1H3. The van der Waals surface area contributed by atoms with Crippen molar-refractivity contribution in [2.75, 3.05) is 13.1 Å². The van der Waals surface area contributed by atoms with E-state index in [-0.39, 0.29) is 12.2 Å². The van der Waals surface area contributed by atoms with Gasteiger partial charge in [-0.2, -0.15) is 5.06 Å². The summed E-state index contributed by atoms with van der Waals surface area (Å²) in [6.07, 6.45) is 21.5. The highest BCUT2D eigenvalue weighted by molar-refractivity contribution is 5.95. The van der Waals surface area contributed by atoms with Crippen LogP contribution in [0.4, 0.5) is 0 Å². The summed E-state index contributed by atoms with van der Waals surface area (Å²) in [4.78, 5) is 32.4. The van der Waals surface area contributed by atoms with Crippen molar-refractivity contribution in [1.82, 2.24) is 5.06 Å².